The molecule has 1 N–H and O–H groups in total. The SMILES string of the molecule is CNCC1CCN(C(C)CCCC(F)(F)F)CC1. The van der Waals surface area contributed by atoms with Crippen molar-refractivity contribution in [1.82, 2.24) is 10.2 Å². The van der Waals surface area contributed by atoms with Crippen molar-refractivity contribution in [2.45, 2.75) is 51.2 Å². The summed E-state index contributed by atoms with van der Waals surface area (Å²) in [6.07, 6.45) is -1.43. The van der Waals surface area contributed by atoms with Gasteiger partial charge in [0, 0.05) is 12.5 Å². The van der Waals surface area contributed by atoms with E-state index < -0.39 is 12.6 Å². The number of nitrogens with zero attached hydrogens (tertiary/aromatic N) is 1. The molecule has 0 aromatic rings. The van der Waals surface area contributed by atoms with Crippen LogP contribution in [0.25, 0.3) is 0 Å². The molecule has 1 rings (SSSR count). The quantitative estimate of drug-likeness (QED) is 0.795. The van der Waals surface area contributed by atoms with E-state index >= 15 is 0 Å². The van der Waals surface area contributed by atoms with Crippen LogP contribution in [-0.4, -0.2) is 43.8 Å². The van der Waals surface area contributed by atoms with Gasteiger partial charge in [-0.25, -0.2) is 0 Å². The molecule has 0 radical (unpaired) electrons. The highest BCUT2D eigenvalue weighted by Gasteiger charge is 2.27. The molecule has 0 aromatic heterocycles. The Labute approximate surface area is 108 Å². The average molecular weight is 266 g/mol. The highest BCUT2D eigenvalue weighted by atomic mass is 19.4. The summed E-state index contributed by atoms with van der Waals surface area (Å²) >= 11 is 0. The van der Waals surface area contributed by atoms with E-state index in [1.807, 2.05) is 7.05 Å². The smallest absolute Gasteiger partial charge is 0.319 e. The lowest BCUT2D eigenvalue weighted by Gasteiger charge is -2.36. The summed E-state index contributed by atoms with van der Waals surface area (Å²) in [5, 5.41) is 3.19. The summed E-state index contributed by atoms with van der Waals surface area (Å²) < 4.78 is 36.2. The lowest BCUT2D eigenvalue weighted by atomic mass is 9.95. The Morgan fingerprint density at radius 1 is 1.28 bits per heavy atom. The number of nitrogens with one attached hydrogen (secondary N) is 1. The van der Waals surface area contributed by atoms with Crippen LogP contribution in [0.1, 0.15) is 39.0 Å². The van der Waals surface area contributed by atoms with E-state index in [0.29, 0.717) is 6.42 Å². The molecule has 0 saturated carbocycles. The third-order valence-electron chi connectivity index (χ3n) is 3.85. The maximum absolute atomic E-state index is 12.1. The van der Waals surface area contributed by atoms with E-state index in [1.54, 1.807) is 0 Å². The van der Waals surface area contributed by atoms with Crippen LogP contribution >= 0.6 is 0 Å². The van der Waals surface area contributed by atoms with Crippen LogP contribution in [0.4, 0.5) is 13.2 Å². The Morgan fingerprint density at radius 3 is 2.39 bits per heavy atom. The second-order valence-corrected chi connectivity index (χ2v) is 5.39. The minimum absolute atomic E-state index is 0.251. The molecule has 1 saturated heterocycles. The van der Waals surface area contributed by atoms with Gasteiger partial charge in [0.2, 0.25) is 0 Å². The summed E-state index contributed by atoms with van der Waals surface area (Å²) in [6, 6.07) is 0.280. The van der Waals surface area contributed by atoms with Gasteiger partial charge >= 0.3 is 6.18 Å². The topological polar surface area (TPSA) is 15.3 Å². The van der Waals surface area contributed by atoms with Crippen molar-refractivity contribution in [2.75, 3.05) is 26.7 Å². The molecular formula is C13H25F3N2. The summed E-state index contributed by atoms with van der Waals surface area (Å²) in [4.78, 5) is 2.34. The number of halogens is 3. The van der Waals surface area contributed by atoms with Crippen molar-refractivity contribution < 1.29 is 13.2 Å². The monoisotopic (exact) mass is 266 g/mol. The van der Waals surface area contributed by atoms with Crippen LogP contribution in [0.2, 0.25) is 0 Å². The first-order valence-corrected chi connectivity index (χ1v) is 6.88. The third-order valence-corrected chi connectivity index (χ3v) is 3.85. The van der Waals surface area contributed by atoms with E-state index in [-0.39, 0.29) is 12.5 Å². The largest absolute Gasteiger partial charge is 0.389 e. The van der Waals surface area contributed by atoms with Crippen LogP contribution in [0.5, 0.6) is 0 Å². The first-order chi connectivity index (χ1) is 8.42. The fourth-order valence-electron chi connectivity index (χ4n) is 2.67. The van der Waals surface area contributed by atoms with E-state index in [4.69, 9.17) is 0 Å². The number of rotatable bonds is 6. The second-order valence-electron chi connectivity index (χ2n) is 5.39. The van der Waals surface area contributed by atoms with Gasteiger partial charge in [-0.15, -0.1) is 0 Å². The van der Waals surface area contributed by atoms with Gasteiger partial charge in [-0.05, 0) is 65.2 Å². The standard InChI is InChI=1S/C13H25F3N2/c1-11(4-3-7-13(14,15)16)18-8-5-12(6-9-18)10-17-2/h11-12,17H,3-10H2,1-2H3. The second kappa shape index (κ2) is 7.34. The molecule has 0 bridgehead atoms. The van der Waals surface area contributed by atoms with Gasteiger partial charge in [-0.2, -0.15) is 13.2 Å². The van der Waals surface area contributed by atoms with Gasteiger partial charge in [0.1, 0.15) is 0 Å². The normalized spacial score (nSPS) is 21.2. The molecule has 1 heterocycles. The first kappa shape index (κ1) is 15.8. The molecule has 1 aliphatic heterocycles. The van der Waals surface area contributed by atoms with Gasteiger partial charge in [-0.3, -0.25) is 0 Å². The molecule has 2 nitrogen and oxygen atoms in total. The molecule has 5 heteroatoms. The van der Waals surface area contributed by atoms with Crippen molar-refractivity contribution in [2.24, 2.45) is 5.92 Å². The molecule has 0 amide bonds. The maximum Gasteiger partial charge on any atom is 0.389 e. The Hall–Kier alpha value is -0.290. The number of hydrogen-bond donors (Lipinski definition) is 1. The number of alkyl halides is 3. The Morgan fingerprint density at radius 2 is 1.89 bits per heavy atom. The number of piperidine rings is 1. The van der Waals surface area contributed by atoms with Crippen molar-refractivity contribution >= 4 is 0 Å². The minimum Gasteiger partial charge on any atom is -0.319 e. The first-order valence-electron chi connectivity index (χ1n) is 6.88. The maximum atomic E-state index is 12.1. The van der Waals surface area contributed by atoms with E-state index in [9.17, 15) is 13.2 Å². The fourth-order valence-corrected chi connectivity index (χ4v) is 2.67. The summed E-state index contributed by atoms with van der Waals surface area (Å²) in [5.41, 5.74) is 0. The molecule has 0 spiro atoms. The Balaban J connectivity index is 2.17. The van der Waals surface area contributed by atoms with Crippen molar-refractivity contribution in [3.63, 3.8) is 0 Å². The van der Waals surface area contributed by atoms with Gasteiger partial charge in [0.15, 0.2) is 0 Å². The van der Waals surface area contributed by atoms with E-state index in [0.717, 1.165) is 38.4 Å². The van der Waals surface area contributed by atoms with Crippen molar-refractivity contribution in [3.05, 3.63) is 0 Å². The molecule has 108 valence electrons. The van der Waals surface area contributed by atoms with Crippen LogP contribution < -0.4 is 5.32 Å². The number of hydrogen-bond acceptors (Lipinski definition) is 2. The van der Waals surface area contributed by atoms with Gasteiger partial charge in [-0.1, -0.05) is 0 Å². The summed E-state index contributed by atoms with van der Waals surface area (Å²) in [6.45, 7) is 5.16. The molecule has 1 unspecified atom stereocenters. The van der Waals surface area contributed by atoms with E-state index in [1.165, 1.54) is 0 Å². The Bertz CT molecular complexity index is 223. The van der Waals surface area contributed by atoms with Crippen LogP contribution in [-0.2, 0) is 0 Å². The zero-order valence-corrected chi connectivity index (χ0v) is 11.4. The van der Waals surface area contributed by atoms with Crippen LogP contribution in [0, 0.1) is 5.92 Å². The molecule has 18 heavy (non-hydrogen) atoms. The molecule has 1 atom stereocenters. The average Bonchev–Trinajstić information content (AvgIpc) is 2.28. The minimum atomic E-state index is -4.00. The third kappa shape index (κ3) is 6.05. The highest BCUT2D eigenvalue weighted by molar-refractivity contribution is 4.77. The molecule has 1 fully saturated rings. The molecule has 0 aromatic carbocycles. The van der Waals surface area contributed by atoms with Crippen LogP contribution in [0.15, 0.2) is 0 Å². The summed E-state index contributed by atoms with van der Waals surface area (Å²) in [5.74, 6) is 0.730. The highest BCUT2D eigenvalue weighted by Crippen LogP contribution is 2.25. The molecule has 1 aliphatic rings. The van der Waals surface area contributed by atoms with Crippen molar-refractivity contribution in [1.29, 1.82) is 0 Å². The predicted molar refractivity (Wildman–Crippen MR) is 67.6 cm³/mol. The predicted octanol–water partition coefficient (Wildman–Crippen LogP) is 3.04. The number of likely N-dealkylation sites (tertiary alicyclic amines) is 1. The molecular weight excluding hydrogens is 241 g/mol. The Kier molecular flexibility index (Phi) is 6.43. The fraction of sp³-hybridized carbons (Fsp3) is 1.00. The zero-order chi connectivity index (χ0) is 13.6. The van der Waals surface area contributed by atoms with Crippen LogP contribution in [0.3, 0.4) is 0 Å². The zero-order valence-electron chi connectivity index (χ0n) is 11.4. The lowest BCUT2D eigenvalue weighted by Crippen LogP contribution is -2.41. The van der Waals surface area contributed by atoms with Gasteiger partial charge in [0.25, 0.3) is 0 Å². The summed E-state index contributed by atoms with van der Waals surface area (Å²) in [7, 11) is 1.96. The van der Waals surface area contributed by atoms with E-state index in [2.05, 4.69) is 17.1 Å². The van der Waals surface area contributed by atoms with Gasteiger partial charge in [0.05, 0.1) is 0 Å². The lowest BCUT2D eigenvalue weighted by molar-refractivity contribution is -0.136. The van der Waals surface area contributed by atoms with Gasteiger partial charge < -0.3 is 10.2 Å². The molecule has 0 aliphatic carbocycles. The van der Waals surface area contributed by atoms with Crippen molar-refractivity contribution in [3.8, 4) is 0 Å².